The molecule has 3 heteroatoms. The van der Waals surface area contributed by atoms with E-state index in [1.165, 1.54) is 0 Å². The van der Waals surface area contributed by atoms with Gasteiger partial charge in [-0.3, -0.25) is 4.79 Å². The predicted molar refractivity (Wildman–Crippen MR) is 64.3 cm³/mol. The minimum atomic E-state index is 0.0447. The van der Waals surface area contributed by atoms with Crippen LogP contribution in [-0.2, 0) is 11.3 Å². The van der Waals surface area contributed by atoms with Gasteiger partial charge in [-0.1, -0.05) is 26.0 Å². The van der Waals surface area contributed by atoms with Crippen molar-refractivity contribution in [2.75, 3.05) is 14.2 Å². The highest BCUT2D eigenvalue weighted by molar-refractivity contribution is 5.77. The molecule has 0 heterocycles. The second-order valence-corrected chi connectivity index (χ2v) is 4.20. The summed E-state index contributed by atoms with van der Waals surface area (Å²) in [6, 6.07) is 7.76. The van der Waals surface area contributed by atoms with Crippen molar-refractivity contribution in [1.29, 1.82) is 0 Å². The van der Waals surface area contributed by atoms with Gasteiger partial charge in [0.2, 0.25) is 5.91 Å². The van der Waals surface area contributed by atoms with Crippen LogP contribution in [0.2, 0.25) is 0 Å². The van der Waals surface area contributed by atoms with E-state index in [4.69, 9.17) is 4.74 Å². The highest BCUT2D eigenvalue weighted by atomic mass is 16.5. The summed E-state index contributed by atoms with van der Waals surface area (Å²) in [5.74, 6) is 1.04. The number of carbonyl (C=O) groups is 1. The van der Waals surface area contributed by atoms with Gasteiger partial charge in [0.25, 0.3) is 0 Å². The van der Waals surface area contributed by atoms with Crippen LogP contribution >= 0.6 is 0 Å². The van der Waals surface area contributed by atoms with Crippen molar-refractivity contribution in [1.82, 2.24) is 4.90 Å². The number of methoxy groups -OCH3 is 1. The molecule has 1 rings (SSSR count). The molecular formula is C13H19NO2. The van der Waals surface area contributed by atoms with Crippen molar-refractivity contribution < 1.29 is 9.53 Å². The van der Waals surface area contributed by atoms with Gasteiger partial charge in [-0.2, -0.15) is 0 Å². The monoisotopic (exact) mass is 221 g/mol. The maximum Gasteiger partial charge on any atom is 0.225 e. The molecule has 1 aromatic rings. The molecule has 0 aliphatic rings. The van der Waals surface area contributed by atoms with Crippen molar-refractivity contribution >= 4 is 5.91 Å². The van der Waals surface area contributed by atoms with E-state index >= 15 is 0 Å². The first-order chi connectivity index (χ1) is 7.54. The lowest BCUT2D eigenvalue weighted by molar-refractivity contribution is -0.133. The summed E-state index contributed by atoms with van der Waals surface area (Å²) >= 11 is 0. The van der Waals surface area contributed by atoms with Gasteiger partial charge in [-0.15, -0.1) is 0 Å². The number of ether oxygens (including phenoxy) is 1. The van der Waals surface area contributed by atoms with Gasteiger partial charge < -0.3 is 9.64 Å². The summed E-state index contributed by atoms with van der Waals surface area (Å²) in [5, 5.41) is 0. The summed E-state index contributed by atoms with van der Waals surface area (Å²) in [6.45, 7) is 4.46. The maximum absolute atomic E-state index is 11.7. The molecule has 16 heavy (non-hydrogen) atoms. The number of benzene rings is 1. The van der Waals surface area contributed by atoms with E-state index in [-0.39, 0.29) is 11.8 Å². The summed E-state index contributed by atoms with van der Waals surface area (Å²) < 4.78 is 5.08. The van der Waals surface area contributed by atoms with Crippen LogP contribution < -0.4 is 4.74 Å². The third kappa shape index (κ3) is 3.26. The molecule has 0 bridgehead atoms. The summed E-state index contributed by atoms with van der Waals surface area (Å²) in [5.41, 5.74) is 1.11. The van der Waals surface area contributed by atoms with E-state index in [0.29, 0.717) is 6.54 Å². The van der Waals surface area contributed by atoms with Crippen molar-refractivity contribution in [2.45, 2.75) is 20.4 Å². The Morgan fingerprint density at radius 1 is 1.31 bits per heavy atom. The van der Waals surface area contributed by atoms with E-state index in [0.717, 1.165) is 11.3 Å². The third-order valence-corrected chi connectivity index (χ3v) is 2.45. The molecule has 1 amide bonds. The van der Waals surface area contributed by atoms with Crippen molar-refractivity contribution in [3.63, 3.8) is 0 Å². The molecule has 0 saturated carbocycles. The fourth-order valence-corrected chi connectivity index (χ4v) is 1.52. The number of rotatable bonds is 4. The van der Waals surface area contributed by atoms with Crippen LogP contribution in [0.3, 0.4) is 0 Å². The number of hydrogen-bond acceptors (Lipinski definition) is 2. The average molecular weight is 221 g/mol. The van der Waals surface area contributed by atoms with Gasteiger partial charge >= 0.3 is 0 Å². The molecule has 3 nitrogen and oxygen atoms in total. The molecule has 0 saturated heterocycles. The quantitative estimate of drug-likeness (QED) is 0.780. The molecule has 0 aliphatic carbocycles. The first kappa shape index (κ1) is 12.6. The molecule has 0 atom stereocenters. The van der Waals surface area contributed by atoms with E-state index in [1.54, 1.807) is 12.0 Å². The summed E-state index contributed by atoms with van der Waals surface area (Å²) in [7, 11) is 3.47. The molecule has 0 radical (unpaired) electrons. The van der Waals surface area contributed by atoms with E-state index in [2.05, 4.69) is 0 Å². The summed E-state index contributed by atoms with van der Waals surface area (Å²) in [4.78, 5) is 13.4. The number of hydrogen-bond donors (Lipinski definition) is 0. The largest absolute Gasteiger partial charge is 0.497 e. The highest BCUT2D eigenvalue weighted by Gasteiger charge is 2.12. The SMILES string of the molecule is COc1ccc(CN(C)C(=O)C(C)C)cc1. The predicted octanol–water partition coefficient (Wildman–Crippen LogP) is 2.31. The second-order valence-electron chi connectivity index (χ2n) is 4.20. The fourth-order valence-electron chi connectivity index (χ4n) is 1.52. The van der Waals surface area contributed by atoms with Gasteiger partial charge in [0.15, 0.2) is 0 Å². The molecule has 0 aliphatic heterocycles. The molecule has 0 unspecified atom stereocenters. The molecule has 0 N–H and O–H groups in total. The molecule has 88 valence electrons. The van der Waals surface area contributed by atoms with Crippen LogP contribution in [0.1, 0.15) is 19.4 Å². The number of amides is 1. The van der Waals surface area contributed by atoms with Gasteiger partial charge in [0.05, 0.1) is 7.11 Å². The topological polar surface area (TPSA) is 29.5 Å². The average Bonchev–Trinajstić information content (AvgIpc) is 2.28. The van der Waals surface area contributed by atoms with Crippen LogP contribution in [0, 0.1) is 5.92 Å². The second kappa shape index (κ2) is 5.54. The Labute approximate surface area is 97.0 Å². The van der Waals surface area contributed by atoms with E-state index in [9.17, 15) is 4.79 Å². The van der Waals surface area contributed by atoms with Gasteiger partial charge in [0, 0.05) is 19.5 Å². The van der Waals surface area contributed by atoms with Crippen molar-refractivity contribution in [3.05, 3.63) is 29.8 Å². The molecule has 0 aromatic heterocycles. The van der Waals surface area contributed by atoms with Crippen LogP contribution in [0.15, 0.2) is 24.3 Å². The van der Waals surface area contributed by atoms with E-state index in [1.807, 2.05) is 45.2 Å². The molecule has 0 spiro atoms. The molecule has 1 aromatic carbocycles. The maximum atomic E-state index is 11.7. The third-order valence-electron chi connectivity index (χ3n) is 2.45. The Hall–Kier alpha value is -1.51. The van der Waals surface area contributed by atoms with Gasteiger partial charge in [-0.25, -0.2) is 0 Å². The lowest BCUT2D eigenvalue weighted by Gasteiger charge is -2.19. The normalized spacial score (nSPS) is 10.3. The minimum Gasteiger partial charge on any atom is -0.497 e. The van der Waals surface area contributed by atoms with Crippen LogP contribution in [0.4, 0.5) is 0 Å². The van der Waals surface area contributed by atoms with Crippen molar-refractivity contribution in [3.8, 4) is 5.75 Å². The van der Waals surface area contributed by atoms with Crippen LogP contribution in [0.5, 0.6) is 5.75 Å². The molecular weight excluding hydrogens is 202 g/mol. The van der Waals surface area contributed by atoms with Crippen LogP contribution in [-0.4, -0.2) is 25.0 Å². The number of carbonyl (C=O) groups excluding carboxylic acids is 1. The summed E-state index contributed by atoms with van der Waals surface area (Å²) in [6.07, 6.45) is 0. The Bertz CT molecular complexity index is 343. The van der Waals surface area contributed by atoms with E-state index < -0.39 is 0 Å². The smallest absolute Gasteiger partial charge is 0.225 e. The fraction of sp³-hybridized carbons (Fsp3) is 0.462. The first-order valence-corrected chi connectivity index (χ1v) is 5.42. The zero-order valence-electron chi connectivity index (χ0n) is 10.4. The zero-order chi connectivity index (χ0) is 12.1. The van der Waals surface area contributed by atoms with Crippen LogP contribution in [0.25, 0.3) is 0 Å². The Morgan fingerprint density at radius 2 is 1.88 bits per heavy atom. The van der Waals surface area contributed by atoms with Gasteiger partial charge in [-0.05, 0) is 17.7 Å². The Balaban J connectivity index is 2.62. The van der Waals surface area contributed by atoms with Crippen molar-refractivity contribution in [2.24, 2.45) is 5.92 Å². The lowest BCUT2D eigenvalue weighted by Crippen LogP contribution is -2.29. The zero-order valence-corrected chi connectivity index (χ0v) is 10.4. The highest BCUT2D eigenvalue weighted by Crippen LogP contribution is 2.13. The Kier molecular flexibility index (Phi) is 4.35. The standard InChI is InChI=1S/C13H19NO2/c1-10(2)13(15)14(3)9-11-5-7-12(16-4)8-6-11/h5-8,10H,9H2,1-4H3. The first-order valence-electron chi connectivity index (χ1n) is 5.42. The minimum absolute atomic E-state index is 0.0447. The van der Waals surface area contributed by atoms with Gasteiger partial charge in [0.1, 0.15) is 5.75 Å². The Morgan fingerprint density at radius 3 is 2.31 bits per heavy atom. The lowest BCUT2D eigenvalue weighted by atomic mass is 10.1. The molecule has 0 fully saturated rings. The number of nitrogens with zero attached hydrogens (tertiary/aromatic N) is 1.